The number of hydrogen-bond donors (Lipinski definition) is 2. The molecule has 2 aromatic heterocycles. The maximum atomic E-state index is 14.1. The number of esters is 1. The molecule has 0 saturated carbocycles. The number of para-hydroxylation sites is 1. The first-order valence-electron chi connectivity index (χ1n) is 12.3. The Morgan fingerprint density at radius 1 is 1.08 bits per heavy atom. The van der Waals surface area contributed by atoms with Crippen LogP contribution in [0.25, 0.3) is 5.69 Å². The second kappa shape index (κ2) is 11.4. The van der Waals surface area contributed by atoms with Crippen molar-refractivity contribution < 1.29 is 18.7 Å². The van der Waals surface area contributed by atoms with E-state index in [1.807, 2.05) is 52.1 Å². The van der Waals surface area contributed by atoms with Crippen LogP contribution in [0.2, 0.25) is 0 Å². The summed E-state index contributed by atoms with van der Waals surface area (Å²) in [6.45, 7) is 0.285. The fraction of sp³-hybridized carbons (Fsp3) is 0.172. The molecule has 1 fully saturated rings. The van der Waals surface area contributed by atoms with Crippen molar-refractivity contribution in [2.24, 2.45) is 0 Å². The van der Waals surface area contributed by atoms with E-state index < -0.39 is 11.8 Å². The van der Waals surface area contributed by atoms with Gasteiger partial charge in [-0.25, -0.2) is 9.18 Å². The molecule has 1 saturated heterocycles. The third-order valence-electron chi connectivity index (χ3n) is 6.55. The number of methoxy groups -OCH3 is 1. The third-order valence-corrected chi connectivity index (χ3v) is 6.91. The van der Waals surface area contributed by atoms with Crippen LogP contribution in [-0.4, -0.2) is 45.1 Å². The number of rotatable bonds is 8. The van der Waals surface area contributed by atoms with Gasteiger partial charge in [0, 0.05) is 36.7 Å². The highest BCUT2D eigenvalue weighted by Crippen LogP contribution is 2.39. The van der Waals surface area contributed by atoms with Crippen LogP contribution in [0.1, 0.15) is 40.3 Å². The van der Waals surface area contributed by atoms with Crippen LogP contribution >= 0.6 is 12.2 Å². The summed E-state index contributed by atoms with van der Waals surface area (Å²) in [6.07, 6.45) is 3.71. The van der Waals surface area contributed by atoms with Crippen LogP contribution in [0.3, 0.4) is 0 Å². The molecule has 5 rings (SSSR count). The van der Waals surface area contributed by atoms with Crippen molar-refractivity contribution >= 4 is 34.9 Å². The second-order valence-electron chi connectivity index (χ2n) is 8.94. The van der Waals surface area contributed by atoms with Crippen molar-refractivity contribution in [3.8, 4) is 5.69 Å². The van der Waals surface area contributed by atoms with E-state index in [-0.39, 0.29) is 36.6 Å². The molecule has 4 aromatic rings. The van der Waals surface area contributed by atoms with E-state index in [0.717, 1.165) is 17.1 Å². The van der Waals surface area contributed by atoms with Crippen LogP contribution in [0, 0.1) is 5.82 Å². The lowest BCUT2D eigenvalue weighted by molar-refractivity contribution is -0.116. The van der Waals surface area contributed by atoms with E-state index in [1.54, 1.807) is 36.5 Å². The Kier molecular flexibility index (Phi) is 7.64. The van der Waals surface area contributed by atoms with Gasteiger partial charge in [0.2, 0.25) is 5.91 Å². The molecule has 1 amide bonds. The summed E-state index contributed by atoms with van der Waals surface area (Å²) in [4.78, 5) is 31.4. The molecule has 1 aliphatic rings. The molecule has 2 atom stereocenters. The van der Waals surface area contributed by atoms with Crippen molar-refractivity contribution in [1.29, 1.82) is 0 Å². The highest BCUT2D eigenvalue weighted by molar-refractivity contribution is 7.80. The molecular formula is C29H26FN5O3S. The number of nitrogens with zero attached hydrogens (tertiary/aromatic N) is 3. The lowest BCUT2D eigenvalue weighted by Gasteiger charge is -2.29. The minimum Gasteiger partial charge on any atom is -0.465 e. The minimum atomic E-state index is -0.496. The molecule has 2 unspecified atom stereocenters. The molecule has 1 aliphatic heterocycles. The molecule has 3 heterocycles. The fourth-order valence-corrected chi connectivity index (χ4v) is 5.07. The fourth-order valence-electron chi connectivity index (χ4n) is 4.74. The zero-order valence-corrected chi connectivity index (χ0v) is 21.9. The summed E-state index contributed by atoms with van der Waals surface area (Å²) >= 11 is 5.73. The van der Waals surface area contributed by atoms with Crippen molar-refractivity contribution in [2.75, 3.05) is 19.0 Å². The number of anilines is 1. The van der Waals surface area contributed by atoms with Crippen LogP contribution < -0.4 is 10.6 Å². The monoisotopic (exact) mass is 543 g/mol. The van der Waals surface area contributed by atoms with Crippen molar-refractivity contribution in [3.63, 3.8) is 0 Å². The summed E-state index contributed by atoms with van der Waals surface area (Å²) < 4.78 is 20.9. The predicted molar refractivity (Wildman–Crippen MR) is 149 cm³/mol. The molecule has 10 heteroatoms. The topological polar surface area (TPSA) is 88.5 Å². The average molecular weight is 544 g/mol. The number of amides is 1. The first-order chi connectivity index (χ1) is 19.0. The molecule has 0 aliphatic carbocycles. The summed E-state index contributed by atoms with van der Waals surface area (Å²) in [5, 5.41) is 6.49. The van der Waals surface area contributed by atoms with Crippen LogP contribution in [0.5, 0.6) is 0 Å². The van der Waals surface area contributed by atoms with Gasteiger partial charge in [-0.05, 0) is 66.8 Å². The van der Waals surface area contributed by atoms with Gasteiger partial charge in [0.25, 0.3) is 0 Å². The van der Waals surface area contributed by atoms with E-state index in [2.05, 4.69) is 15.6 Å². The van der Waals surface area contributed by atoms with E-state index in [0.29, 0.717) is 10.7 Å². The number of ether oxygens (including phenoxy) is 1. The largest absolute Gasteiger partial charge is 0.465 e. The highest BCUT2D eigenvalue weighted by atomic mass is 32.1. The molecule has 198 valence electrons. The van der Waals surface area contributed by atoms with Gasteiger partial charge in [-0.3, -0.25) is 9.78 Å². The standard InChI is InChI=1S/C29H26FN5O3S/c1-38-28(37)19-8-6-9-20(18-19)34-16-7-13-24(34)27-26(23-12-4-5-15-31-23)33-29(39)35(27)17-14-25(36)32-22-11-3-2-10-21(22)30/h2-13,15-16,18,26-27H,14,17H2,1H3,(H,32,36)(H,33,39). The number of carbonyl (C=O) groups excluding carboxylic acids is 2. The molecule has 39 heavy (non-hydrogen) atoms. The summed E-state index contributed by atoms with van der Waals surface area (Å²) in [7, 11) is 1.35. The SMILES string of the molecule is COC(=O)c1cccc(-n2cccc2C2C(c3ccccn3)NC(=S)N2CCC(=O)Nc2ccccc2F)c1. The van der Waals surface area contributed by atoms with Gasteiger partial charge >= 0.3 is 5.97 Å². The lowest BCUT2D eigenvalue weighted by Crippen LogP contribution is -2.33. The smallest absolute Gasteiger partial charge is 0.337 e. The van der Waals surface area contributed by atoms with Crippen molar-refractivity contribution in [3.05, 3.63) is 114 Å². The van der Waals surface area contributed by atoms with Gasteiger partial charge in [-0.2, -0.15) is 0 Å². The molecule has 0 spiro atoms. The number of aromatic nitrogens is 2. The Morgan fingerprint density at radius 3 is 2.67 bits per heavy atom. The van der Waals surface area contributed by atoms with Crippen LogP contribution in [0.15, 0.2) is 91.3 Å². The van der Waals surface area contributed by atoms with E-state index in [4.69, 9.17) is 17.0 Å². The second-order valence-corrected chi connectivity index (χ2v) is 9.33. The lowest BCUT2D eigenvalue weighted by atomic mass is 10.0. The van der Waals surface area contributed by atoms with Gasteiger partial charge in [-0.15, -0.1) is 0 Å². The first-order valence-corrected chi connectivity index (χ1v) is 12.8. The van der Waals surface area contributed by atoms with Gasteiger partial charge in [0.1, 0.15) is 5.82 Å². The Hall–Kier alpha value is -4.57. The Morgan fingerprint density at radius 2 is 1.90 bits per heavy atom. The quantitative estimate of drug-likeness (QED) is 0.244. The number of thiocarbonyl (C=S) groups is 1. The van der Waals surface area contributed by atoms with Gasteiger partial charge in [0.05, 0.1) is 36.1 Å². The van der Waals surface area contributed by atoms with Gasteiger partial charge in [-0.1, -0.05) is 24.3 Å². The normalized spacial score (nSPS) is 16.6. The maximum Gasteiger partial charge on any atom is 0.337 e. The number of benzene rings is 2. The van der Waals surface area contributed by atoms with Crippen LogP contribution in [0.4, 0.5) is 10.1 Å². The minimum absolute atomic E-state index is 0.0835. The average Bonchev–Trinajstić information content (AvgIpc) is 3.57. The van der Waals surface area contributed by atoms with Crippen molar-refractivity contribution in [2.45, 2.75) is 18.5 Å². The Labute approximate surface area is 230 Å². The van der Waals surface area contributed by atoms with Crippen molar-refractivity contribution in [1.82, 2.24) is 19.8 Å². The van der Waals surface area contributed by atoms with Crippen LogP contribution in [-0.2, 0) is 9.53 Å². The number of halogens is 1. The highest BCUT2D eigenvalue weighted by Gasteiger charge is 2.41. The van der Waals surface area contributed by atoms with Gasteiger partial charge < -0.3 is 24.8 Å². The number of carbonyl (C=O) groups is 2. The van der Waals surface area contributed by atoms with E-state index in [9.17, 15) is 14.0 Å². The summed E-state index contributed by atoms with van der Waals surface area (Å²) in [6, 6.07) is 22.1. The third kappa shape index (κ3) is 5.51. The number of pyridine rings is 1. The number of hydrogen-bond acceptors (Lipinski definition) is 5. The van der Waals surface area contributed by atoms with Gasteiger partial charge in [0.15, 0.2) is 5.11 Å². The number of nitrogens with one attached hydrogen (secondary N) is 2. The molecular weight excluding hydrogens is 517 g/mol. The zero-order valence-electron chi connectivity index (χ0n) is 21.1. The zero-order chi connectivity index (χ0) is 27.4. The van der Waals surface area contributed by atoms with E-state index in [1.165, 1.54) is 19.2 Å². The van der Waals surface area contributed by atoms with E-state index >= 15 is 0 Å². The maximum absolute atomic E-state index is 14.1. The Bertz CT molecular complexity index is 1510. The molecule has 8 nitrogen and oxygen atoms in total. The molecule has 0 radical (unpaired) electrons. The molecule has 2 aromatic carbocycles. The summed E-state index contributed by atoms with van der Waals surface area (Å²) in [5.41, 5.74) is 3.01. The summed E-state index contributed by atoms with van der Waals surface area (Å²) in [5.74, 6) is -1.25. The first kappa shape index (κ1) is 26.1. The Balaban J connectivity index is 1.46. The predicted octanol–water partition coefficient (Wildman–Crippen LogP) is 4.80. The molecule has 0 bridgehead atoms. The molecule has 2 N–H and O–H groups in total.